The van der Waals surface area contributed by atoms with Gasteiger partial charge in [-0.15, -0.1) is 0 Å². The number of nitrogens with zero attached hydrogens (tertiary/aromatic N) is 4. The van der Waals surface area contributed by atoms with Gasteiger partial charge < -0.3 is 5.32 Å². The highest BCUT2D eigenvalue weighted by atomic mass is 32.2. The lowest BCUT2D eigenvalue weighted by molar-refractivity contribution is -0.121. The van der Waals surface area contributed by atoms with E-state index in [2.05, 4.69) is 27.3 Å². The number of para-hydroxylation sites is 1. The molecule has 2 aromatic heterocycles. The van der Waals surface area contributed by atoms with Gasteiger partial charge in [-0.1, -0.05) is 36.4 Å². The van der Waals surface area contributed by atoms with Gasteiger partial charge in [0.15, 0.2) is 5.65 Å². The van der Waals surface area contributed by atoms with Gasteiger partial charge in [0.2, 0.25) is 5.91 Å². The Morgan fingerprint density at radius 1 is 1.17 bits per heavy atom. The van der Waals surface area contributed by atoms with Gasteiger partial charge >= 0.3 is 0 Å². The zero-order chi connectivity index (χ0) is 20.7. The van der Waals surface area contributed by atoms with Crippen molar-refractivity contribution >= 4 is 28.7 Å². The minimum atomic E-state index is -0.232. The van der Waals surface area contributed by atoms with Gasteiger partial charge in [0.25, 0.3) is 0 Å². The summed E-state index contributed by atoms with van der Waals surface area (Å²) in [4.78, 5) is 21.8. The molecule has 1 N–H and O–H groups in total. The number of amides is 1. The van der Waals surface area contributed by atoms with Crippen LogP contribution < -0.4 is 5.32 Å². The summed E-state index contributed by atoms with van der Waals surface area (Å²) in [5, 5.41) is 9.21. The largest absolute Gasteiger partial charge is 0.352 e. The van der Waals surface area contributed by atoms with E-state index in [4.69, 9.17) is 0 Å². The molecule has 0 spiro atoms. The van der Waals surface area contributed by atoms with Crippen molar-refractivity contribution in [3.05, 3.63) is 42.9 Å². The van der Waals surface area contributed by atoms with E-state index in [1.807, 2.05) is 41.9 Å². The summed E-state index contributed by atoms with van der Waals surface area (Å²) in [7, 11) is 0. The molecule has 0 saturated heterocycles. The predicted molar refractivity (Wildman–Crippen MR) is 119 cm³/mol. The molecule has 6 nitrogen and oxygen atoms in total. The third kappa shape index (κ3) is 3.60. The van der Waals surface area contributed by atoms with Gasteiger partial charge in [0.05, 0.1) is 22.5 Å². The molecule has 3 aromatic rings. The monoisotopic (exact) mass is 421 g/mol. The van der Waals surface area contributed by atoms with E-state index < -0.39 is 0 Å². The Balaban J connectivity index is 1.29. The SMILES string of the molecule is CC(Sc1ncnc2c1cnn2-c1ccccc1)C(=O)NC(C)C1CC2CCC1C2. The van der Waals surface area contributed by atoms with Crippen molar-refractivity contribution in [3.63, 3.8) is 0 Å². The van der Waals surface area contributed by atoms with E-state index in [-0.39, 0.29) is 17.2 Å². The van der Waals surface area contributed by atoms with Crippen LogP contribution in [-0.4, -0.2) is 36.9 Å². The molecular formula is C23H27N5OS. The second-order valence-corrected chi connectivity index (χ2v) is 10.0. The van der Waals surface area contributed by atoms with Gasteiger partial charge in [0, 0.05) is 6.04 Å². The Labute approximate surface area is 180 Å². The van der Waals surface area contributed by atoms with E-state index in [1.54, 1.807) is 12.5 Å². The van der Waals surface area contributed by atoms with Gasteiger partial charge in [-0.05, 0) is 63.0 Å². The molecule has 5 rings (SSSR count). The first kappa shape index (κ1) is 19.5. The average molecular weight is 422 g/mol. The quantitative estimate of drug-likeness (QED) is 0.476. The maximum absolute atomic E-state index is 12.9. The van der Waals surface area contributed by atoms with Crippen molar-refractivity contribution in [2.24, 2.45) is 17.8 Å². The molecule has 1 amide bonds. The maximum atomic E-state index is 12.9. The number of carbonyl (C=O) groups is 1. The molecule has 2 bridgehead atoms. The van der Waals surface area contributed by atoms with Gasteiger partial charge in [-0.25, -0.2) is 14.6 Å². The Bertz CT molecular complexity index is 1050. The highest BCUT2D eigenvalue weighted by Crippen LogP contribution is 2.49. The van der Waals surface area contributed by atoms with Gasteiger partial charge in [-0.2, -0.15) is 5.10 Å². The lowest BCUT2D eigenvalue weighted by atomic mass is 9.84. The summed E-state index contributed by atoms with van der Waals surface area (Å²) in [6, 6.07) is 10.2. The van der Waals surface area contributed by atoms with Crippen molar-refractivity contribution in [2.45, 2.75) is 55.8 Å². The Morgan fingerprint density at radius 3 is 2.73 bits per heavy atom. The lowest BCUT2D eigenvalue weighted by Gasteiger charge is -2.29. The first-order valence-corrected chi connectivity index (χ1v) is 11.7. The van der Waals surface area contributed by atoms with Crippen LogP contribution in [0.15, 0.2) is 47.9 Å². The van der Waals surface area contributed by atoms with Crippen molar-refractivity contribution in [1.29, 1.82) is 0 Å². The van der Waals surface area contributed by atoms with Gasteiger partial charge in [-0.3, -0.25) is 4.79 Å². The molecule has 2 saturated carbocycles. The number of carbonyl (C=O) groups excluding carboxylic acids is 1. The molecule has 1 aromatic carbocycles. The molecular weight excluding hydrogens is 394 g/mol. The highest BCUT2D eigenvalue weighted by molar-refractivity contribution is 8.00. The van der Waals surface area contributed by atoms with Crippen molar-refractivity contribution in [1.82, 2.24) is 25.1 Å². The number of nitrogens with one attached hydrogen (secondary N) is 1. The minimum absolute atomic E-state index is 0.0810. The van der Waals surface area contributed by atoms with Crippen LogP contribution in [0.4, 0.5) is 0 Å². The number of hydrogen-bond acceptors (Lipinski definition) is 5. The Hall–Kier alpha value is -2.41. The summed E-state index contributed by atoms with van der Waals surface area (Å²) in [6.07, 6.45) is 8.69. The van der Waals surface area contributed by atoms with E-state index in [1.165, 1.54) is 37.4 Å². The zero-order valence-electron chi connectivity index (χ0n) is 17.4. The third-order valence-electron chi connectivity index (χ3n) is 6.79. The fourth-order valence-corrected chi connectivity index (χ4v) is 6.14. The molecule has 2 aliphatic rings. The molecule has 2 aliphatic carbocycles. The number of thioether (sulfide) groups is 1. The van der Waals surface area contributed by atoms with E-state index >= 15 is 0 Å². The molecule has 156 valence electrons. The predicted octanol–water partition coefficient (Wildman–Crippen LogP) is 4.24. The zero-order valence-corrected chi connectivity index (χ0v) is 18.2. The van der Waals surface area contributed by atoms with Crippen LogP contribution in [0.5, 0.6) is 0 Å². The van der Waals surface area contributed by atoms with Crippen LogP contribution in [0, 0.1) is 17.8 Å². The third-order valence-corrected chi connectivity index (χ3v) is 7.91. The average Bonchev–Trinajstić information content (AvgIpc) is 3.50. The van der Waals surface area contributed by atoms with Crippen molar-refractivity contribution in [3.8, 4) is 5.69 Å². The van der Waals surface area contributed by atoms with Crippen LogP contribution in [0.3, 0.4) is 0 Å². The van der Waals surface area contributed by atoms with Crippen LogP contribution in [0.1, 0.15) is 39.5 Å². The first-order valence-electron chi connectivity index (χ1n) is 10.8. The number of fused-ring (bicyclic) bond motifs is 3. The molecule has 5 unspecified atom stereocenters. The van der Waals surface area contributed by atoms with E-state index in [9.17, 15) is 4.79 Å². The fraction of sp³-hybridized carbons (Fsp3) is 0.478. The highest BCUT2D eigenvalue weighted by Gasteiger charge is 2.42. The molecule has 7 heteroatoms. The number of rotatable bonds is 6. The molecule has 2 fully saturated rings. The molecule has 2 heterocycles. The topological polar surface area (TPSA) is 72.7 Å². The van der Waals surface area contributed by atoms with Crippen LogP contribution in [0.2, 0.25) is 0 Å². The van der Waals surface area contributed by atoms with Crippen LogP contribution in [0.25, 0.3) is 16.7 Å². The number of aromatic nitrogens is 4. The summed E-state index contributed by atoms with van der Waals surface area (Å²) in [5.74, 6) is 2.41. The number of benzene rings is 1. The van der Waals surface area contributed by atoms with Crippen molar-refractivity contribution in [2.75, 3.05) is 0 Å². The maximum Gasteiger partial charge on any atom is 0.233 e. The van der Waals surface area contributed by atoms with E-state index in [0.717, 1.165) is 33.6 Å². The summed E-state index contributed by atoms with van der Waals surface area (Å²) in [6.45, 7) is 4.12. The second-order valence-electron chi connectivity index (χ2n) is 8.70. The smallest absolute Gasteiger partial charge is 0.233 e. The Kier molecular flexibility index (Phi) is 5.23. The normalized spacial score (nSPS) is 24.8. The summed E-state index contributed by atoms with van der Waals surface area (Å²) >= 11 is 1.47. The van der Waals surface area contributed by atoms with Crippen molar-refractivity contribution < 1.29 is 4.79 Å². The molecule has 0 radical (unpaired) electrons. The second kappa shape index (κ2) is 8.02. The Morgan fingerprint density at radius 2 is 2.00 bits per heavy atom. The van der Waals surface area contributed by atoms with Gasteiger partial charge in [0.1, 0.15) is 11.4 Å². The fourth-order valence-electron chi connectivity index (χ4n) is 5.25. The van der Waals surface area contributed by atoms with Crippen LogP contribution >= 0.6 is 11.8 Å². The van der Waals surface area contributed by atoms with Crippen LogP contribution in [-0.2, 0) is 4.79 Å². The minimum Gasteiger partial charge on any atom is -0.352 e. The standard InChI is InChI=1S/C23H27N5OS/c1-14(19-11-16-8-9-17(19)10-16)27-22(29)15(2)30-23-20-12-26-28(21(20)24-13-25-23)18-6-4-3-5-7-18/h3-7,12-17,19H,8-11H2,1-2H3,(H,27,29). The molecule has 5 atom stereocenters. The number of hydrogen-bond donors (Lipinski definition) is 1. The molecule has 30 heavy (non-hydrogen) atoms. The summed E-state index contributed by atoms with van der Waals surface area (Å²) < 4.78 is 1.81. The lowest BCUT2D eigenvalue weighted by Crippen LogP contribution is -2.43. The first-order chi connectivity index (χ1) is 14.6. The molecule has 0 aliphatic heterocycles. The van der Waals surface area contributed by atoms with E-state index in [0.29, 0.717) is 5.92 Å². The summed E-state index contributed by atoms with van der Waals surface area (Å²) in [5.41, 5.74) is 1.70.